The first-order valence-electron chi connectivity index (χ1n) is 12.5. The Balaban J connectivity index is 3.10. The highest BCUT2D eigenvalue weighted by molar-refractivity contribution is 6.13. The van der Waals surface area contributed by atoms with E-state index < -0.39 is 5.55 Å². The van der Waals surface area contributed by atoms with E-state index in [1.807, 2.05) is 0 Å². The number of esters is 1. The minimum Gasteiger partial charge on any atom is -0.462 e. The molecule has 0 amide bonds. The molecule has 0 unspecified atom stereocenters. The Hall–Kier alpha value is -0.713. The van der Waals surface area contributed by atoms with E-state index in [9.17, 15) is 13.6 Å². The first kappa shape index (κ1) is 29.3. The normalized spacial score (nSPS) is 11.7. The van der Waals surface area contributed by atoms with Gasteiger partial charge in [-0.2, -0.15) is 0 Å². The molecule has 0 spiro atoms. The summed E-state index contributed by atoms with van der Waals surface area (Å²) in [6.45, 7) is 5.77. The molecule has 0 fully saturated rings. The van der Waals surface area contributed by atoms with Crippen LogP contribution in [-0.2, 0) is 9.53 Å². The topological polar surface area (TPSA) is 26.3 Å². The molecule has 2 nitrogen and oxygen atoms in total. The Morgan fingerprint density at radius 3 is 1.30 bits per heavy atom. The number of carbonyl (C=O) groups excluding carboxylic acids is 1. The van der Waals surface area contributed by atoms with Gasteiger partial charge in [0, 0.05) is 12.0 Å². The SMILES string of the molecule is C=C(C)C(=O)OCCCCCCCCCCCCCCCCCCCCC(F)(F)[SiH3]. The van der Waals surface area contributed by atoms with Crippen LogP contribution in [0.25, 0.3) is 0 Å². The fourth-order valence-corrected chi connectivity index (χ4v) is 4.01. The average molecular weight is 447 g/mol. The van der Waals surface area contributed by atoms with E-state index in [0.717, 1.165) is 25.7 Å². The standard InChI is InChI=1S/C25H48F2O2Si/c1-23(2)24(28)29-22-20-18-16-14-12-10-8-6-4-3-5-7-9-11-13-15-17-19-21-25(26,27)30/h1,3-22H2,2,30H3. The van der Waals surface area contributed by atoms with E-state index in [1.54, 1.807) is 6.92 Å². The lowest BCUT2D eigenvalue weighted by Crippen LogP contribution is -2.14. The van der Waals surface area contributed by atoms with Crippen LogP contribution in [0.5, 0.6) is 0 Å². The van der Waals surface area contributed by atoms with Crippen LogP contribution < -0.4 is 0 Å². The van der Waals surface area contributed by atoms with Gasteiger partial charge in [0.15, 0.2) is 0 Å². The zero-order valence-corrected chi connectivity index (χ0v) is 21.9. The van der Waals surface area contributed by atoms with Crippen LogP contribution in [0.4, 0.5) is 8.78 Å². The fraction of sp³-hybridized carbons (Fsp3) is 0.880. The second kappa shape index (κ2) is 20.2. The van der Waals surface area contributed by atoms with Crippen LogP contribution in [0.2, 0.25) is 0 Å². The molecular formula is C25H48F2O2Si. The molecule has 0 bridgehead atoms. The van der Waals surface area contributed by atoms with Gasteiger partial charge in [-0.25, -0.2) is 13.6 Å². The second-order valence-electron chi connectivity index (χ2n) is 9.10. The summed E-state index contributed by atoms with van der Waals surface area (Å²) < 4.78 is 30.6. The lowest BCUT2D eigenvalue weighted by atomic mass is 10.0. The number of carbonyl (C=O) groups is 1. The monoisotopic (exact) mass is 446 g/mol. The quantitative estimate of drug-likeness (QED) is 0.0746. The van der Waals surface area contributed by atoms with Crippen LogP contribution >= 0.6 is 0 Å². The summed E-state index contributed by atoms with van der Waals surface area (Å²) >= 11 is 0. The predicted octanol–water partition coefficient (Wildman–Crippen LogP) is 7.48. The lowest BCUT2D eigenvalue weighted by molar-refractivity contribution is -0.139. The van der Waals surface area contributed by atoms with E-state index >= 15 is 0 Å². The first-order valence-corrected chi connectivity index (χ1v) is 13.5. The highest BCUT2D eigenvalue weighted by Crippen LogP contribution is 2.19. The minimum atomic E-state index is -2.34. The van der Waals surface area contributed by atoms with Gasteiger partial charge in [-0.05, 0) is 19.8 Å². The number of hydrogen-bond donors (Lipinski definition) is 0. The molecule has 0 atom stereocenters. The van der Waals surface area contributed by atoms with E-state index in [2.05, 4.69) is 6.58 Å². The van der Waals surface area contributed by atoms with Crippen LogP contribution in [0, 0.1) is 0 Å². The summed E-state index contributed by atoms with van der Waals surface area (Å²) in [6.07, 6.45) is 22.1. The summed E-state index contributed by atoms with van der Waals surface area (Å²) in [5.74, 6) is -0.273. The molecular weight excluding hydrogens is 398 g/mol. The molecule has 0 N–H and O–H groups in total. The molecule has 0 aromatic heterocycles. The van der Waals surface area contributed by atoms with Gasteiger partial charge in [-0.3, -0.25) is 0 Å². The van der Waals surface area contributed by atoms with Crippen molar-refractivity contribution in [2.45, 2.75) is 134 Å². The van der Waals surface area contributed by atoms with Gasteiger partial charge in [-0.1, -0.05) is 109 Å². The van der Waals surface area contributed by atoms with Crippen molar-refractivity contribution >= 4 is 16.2 Å². The summed E-state index contributed by atoms with van der Waals surface area (Å²) in [5.41, 5.74) is -1.87. The Kier molecular flexibility index (Phi) is 19.7. The van der Waals surface area contributed by atoms with Crippen molar-refractivity contribution < 1.29 is 18.3 Å². The van der Waals surface area contributed by atoms with E-state index in [-0.39, 0.29) is 22.6 Å². The summed E-state index contributed by atoms with van der Waals surface area (Å²) in [5, 5.41) is 0. The van der Waals surface area contributed by atoms with Crippen molar-refractivity contribution in [3.05, 3.63) is 12.2 Å². The van der Waals surface area contributed by atoms with Gasteiger partial charge in [0.1, 0.15) is 0 Å². The van der Waals surface area contributed by atoms with Crippen LogP contribution in [0.1, 0.15) is 129 Å². The molecule has 5 heteroatoms. The van der Waals surface area contributed by atoms with Crippen LogP contribution in [-0.4, -0.2) is 28.4 Å². The van der Waals surface area contributed by atoms with E-state index in [1.165, 1.54) is 83.5 Å². The van der Waals surface area contributed by atoms with Gasteiger partial charge < -0.3 is 4.74 Å². The Morgan fingerprint density at radius 2 is 1.00 bits per heavy atom. The fourth-order valence-electron chi connectivity index (χ4n) is 3.65. The summed E-state index contributed by atoms with van der Waals surface area (Å²) in [7, 11) is 0.000154. The van der Waals surface area contributed by atoms with E-state index in [0.29, 0.717) is 18.6 Å². The number of ether oxygens (including phenoxy) is 1. The molecule has 30 heavy (non-hydrogen) atoms. The van der Waals surface area contributed by atoms with Crippen molar-refractivity contribution in [2.24, 2.45) is 0 Å². The largest absolute Gasteiger partial charge is 0.462 e. The van der Waals surface area contributed by atoms with Gasteiger partial charge in [0.2, 0.25) is 5.55 Å². The summed E-state index contributed by atoms with van der Waals surface area (Å²) in [6, 6.07) is 0. The molecule has 0 radical (unpaired) electrons. The number of hydrogen-bond acceptors (Lipinski definition) is 2. The zero-order chi connectivity index (χ0) is 22.5. The number of halogens is 2. The third-order valence-electron chi connectivity index (χ3n) is 5.59. The molecule has 0 aliphatic rings. The highest BCUT2D eigenvalue weighted by atomic mass is 28.1. The minimum absolute atomic E-state index is 0.000154. The molecule has 0 saturated heterocycles. The highest BCUT2D eigenvalue weighted by Gasteiger charge is 2.18. The third kappa shape index (κ3) is 23.6. The maximum Gasteiger partial charge on any atom is 0.333 e. The third-order valence-corrected chi connectivity index (χ3v) is 6.09. The van der Waals surface area contributed by atoms with Gasteiger partial charge in [0.05, 0.1) is 16.8 Å². The zero-order valence-electron chi connectivity index (χ0n) is 19.9. The molecule has 0 aromatic rings. The van der Waals surface area contributed by atoms with Crippen LogP contribution in [0.15, 0.2) is 12.2 Å². The van der Waals surface area contributed by atoms with Crippen molar-refractivity contribution in [3.63, 3.8) is 0 Å². The van der Waals surface area contributed by atoms with Crippen LogP contribution in [0.3, 0.4) is 0 Å². The van der Waals surface area contributed by atoms with Gasteiger partial charge >= 0.3 is 5.97 Å². The summed E-state index contributed by atoms with van der Waals surface area (Å²) in [4.78, 5) is 11.2. The number of rotatable bonds is 22. The Bertz CT molecular complexity index is 422. The Labute approximate surface area is 188 Å². The molecule has 0 aromatic carbocycles. The molecule has 0 rings (SSSR count). The number of alkyl halides is 2. The van der Waals surface area contributed by atoms with Crippen molar-refractivity contribution in [2.75, 3.05) is 6.61 Å². The average Bonchev–Trinajstić information content (AvgIpc) is 2.68. The maximum atomic E-state index is 12.7. The van der Waals surface area contributed by atoms with Gasteiger partial charge in [0.25, 0.3) is 0 Å². The van der Waals surface area contributed by atoms with Crippen molar-refractivity contribution in [3.8, 4) is 0 Å². The molecule has 0 heterocycles. The molecule has 0 saturated carbocycles. The van der Waals surface area contributed by atoms with Gasteiger partial charge in [-0.15, -0.1) is 0 Å². The molecule has 0 aliphatic heterocycles. The van der Waals surface area contributed by atoms with Crippen molar-refractivity contribution in [1.29, 1.82) is 0 Å². The Morgan fingerprint density at radius 1 is 0.700 bits per heavy atom. The number of unbranched alkanes of at least 4 members (excludes halogenated alkanes) is 17. The second-order valence-corrected chi connectivity index (χ2v) is 10.6. The van der Waals surface area contributed by atoms with E-state index in [4.69, 9.17) is 4.74 Å². The molecule has 0 aliphatic carbocycles. The maximum absolute atomic E-state index is 12.7. The smallest absolute Gasteiger partial charge is 0.333 e. The van der Waals surface area contributed by atoms with Crippen molar-refractivity contribution in [1.82, 2.24) is 0 Å². The molecule has 178 valence electrons. The lowest BCUT2D eigenvalue weighted by Gasteiger charge is -2.09. The first-order chi connectivity index (χ1) is 14.3. The predicted molar refractivity (Wildman–Crippen MR) is 128 cm³/mol.